The maximum absolute atomic E-state index is 10.3. The number of H-pyrrole nitrogens is 5. The van der Waals surface area contributed by atoms with E-state index in [0.29, 0.717) is 25.7 Å². The average Bonchev–Trinajstić information content (AvgIpc) is 4.07. The Bertz CT molecular complexity index is 1770. The quantitative estimate of drug-likeness (QED) is 0.0235. The van der Waals surface area contributed by atoms with Gasteiger partial charge in [-0.05, 0) is 118 Å². The van der Waals surface area contributed by atoms with Crippen molar-refractivity contribution >= 4 is 29.8 Å². The van der Waals surface area contributed by atoms with Crippen molar-refractivity contribution < 1.29 is 49.5 Å². The van der Waals surface area contributed by atoms with Crippen LogP contribution in [0, 0.1) is 0 Å². The molecular weight excluding hydrogens is 783 g/mol. The van der Waals surface area contributed by atoms with Crippen LogP contribution in [0.2, 0.25) is 0 Å². The van der Waals surface area contributed by atoms with E-state index in [4.69, 9.17) is 25.5 Å². The highest BCUT2D eigenvalue weighted by molar-refractivity contribution is 5.69. The lowest BCUT2D eigenvalue weighted by Crippen LogP contribution is -1.99. The summed E-state index contributed by atoms with van der Waals surface area (Å²) >= 11 is 0. The second-order valence-corrected chi connectivity index (χ2v) is 14.4. The van der Waals surface area contributed by atoms with Gasteiger partial charge in [0, 0.05) is 78.7 Å². The maximum atomic E-state index is 10.3. The average molecular weight is 850 g/mol. The monoisotopic (exact) mass is 849 g/mol. The van der Waals surface area contributed by atoms with Gasteiger partial charge in [0.2, 0.25) is 0 Å². The summed E-state index contributed by atoms with van der Waals surface area (Å²) < 4.78 is 0. The SMILES string of the molecule is O=C(O)CCCCCCCCCCc1ccc[nH]1.O=C(O)CCCCCc1ccc[nH]1.O=C(O)CCCc1ccc[nH]1.O=C(O)CCc1ccc[nH]1.O=C(O)Cc1ccc[nH]1. The third-order valence-electron chi connectivity index (χ3n) is 9.02. The highest BCUT2D eigenvalue weighted by atomic mass is 16.4. The fraction of sp³-hybridized carbons (Fsp3) is 0.457. The molecule has 5 rings (SSSR count). The van der Waals surface area contributed by atoms with E-state index in [-0.39, 0.29) is 19.3 Å². The molecule has 0 fully saturated rings. The first-order valence-corrected chi connectivity index (χ1v) is 21.1. The molecule has 15 nitrogen and oxygen atoms in total. The molecular formula is C46H67N5O10. The zero-order valence-corrected chi connectivity index (χ0v) is 35.3. The highest BCUT2D eigenvalue weighted by Crippen LogP contribution is 2.11. The number of aromatic nitrogens is 5. The van der Waals surface area contributed by atoms with Crippen molar-refractivity contribution in [2.45, 2.75) is 135 Å². The lowest BCUT2D eigenvalue weighted by atomic mass is 10.1. The van der Waals surface area contributed by atoms with Crippen molar-refractivity contribution in [3.05, 3.63) is 120 Å². The third kappa shape index (κ3) is 34.3. The number of carboxylic acid groups (broad SMARTS) is 5. The van der Waals surface area contributed by atoms with Gasteiger partial charge >= 0.3 is 29.8 Å². The third-order valence-corrected chi connectivity index (χ3v) is 9.02. The molecule has 0 spiro atoms. The van der Waals surface area contributed by atoms with Crippen LogP contribution in [-0.4, -0.2) is 80.3 Å². The summed E-state index contributed by atoms with van der Waals surface area (Å²) in [5, 5.41) is 41.8. The molecule has 61 heavy (non-hydrogen) atoms. The number of unbranched alkanes of at least 4 members (excludes halogenated alkanes) is 9. The minimum absolute atomic E-state index is 0.0764. The van der Waals surface area contributed by atoms with Crippen molar-refractivity contribution in [2.75, 3.05) is 0 Å². The number of nitrogens with one attached hydrogen (secondary N) is 5. The highest BCUT2D eigenvalue weighted by Gasteiger charge is 2.01. The second kappa shape index (κ2) is 35.7. The fourth-order valence-electron chi connectivity index (χ4n) is 5.82. The van der Waals surface area contributed by atoms with Gasteiger partial charge in [0.05, 0.1) is 12.8 Å². The summed E-state index contributed by atoms with van der Waals surface area (Å²) in [5.74, 6) is -3.65. The Balaban J connectivity index is 0.000000390. The normalized spacial score (nSPS) is 10.0. The van der Waals surface area contributed by atoms with E-state index in [1.807, 2.05) is 55.0 Å². The first kappa shape index (κ1) is 52.8. The molecule has 0 aromatic carbocycles. The van der Waals surface area contributed by atoms with E-state index in [9.17, 15) is 24.0 Å². The Morgan fingerprint density at radius 3 is 0.918 bits per heavy atom. The van der Waals surface area contributed by atoms with E-state index >= 15 is 0 Å². The van der Waals surface area contributed by atoms with Crippen LogP contribution in [0.15, 0.2) is 91.6 Å². The van der Waals surface area contributed by atoms with Crippen LogP contribution < -0.4 is 0 Å². The first-order valence-electron chi connectivity index (χ1n) is 21.1. The van der Waals surface area contributed by atoms with Crippen molar-refractivity contribution in [2.24, 2.45) is 0 Å². The number of carbonyl (C=O) groups is 5. The van der Waals surface area contributed by atoms with Crippen LogP contribution in [0.1, 0.15) is 131 Å². The van der Waals surface area contributed by atoms with E-state index < -0.39 is 29.8 Å². The Kier molecular flexibility index (Phi) is 30.9. The van der Waals surface area contributed by atoms with Crippen LogP contribution in [0.25, 0.3) is 0 Å². The molecule has 5 aromatic heterocycles. The Morgan fingerprint density at radius 1 is 0.311 bits per heavy atom. The summed E-state index contributed by atoms with van der Waals surface area (Å²) in [7, 11) is 0. The van der Waals surface area contributed by atoms with Gasteiger partial charge in [-0.25, -0.2) is 0 Å². The van der Waals surface area contributed by atoms with Crippen molar-refractivity contribution in [3.8, 4) is 0 Å². The standard InChI is InChI=1S/C15H25NO2.C10H15NO2.C8H11NO2.C7H9NO2.C6H7NO2/c17-15(18)12-8-6-4-2-1-3-5-7-10-14-11-9-13-16-14;12-10(13)7-3-1-2-5-9-6-4-8-11-9;10-8(11)5-1-3-7-4-2-6-9-7;9-7(10)4-3-6-2-1-5-8-6;8-6(9)4-5-2-1-3-7-5/h9,11,13,16H,1-8,10,12H2,(H,17,18);4,6,8,11H,1-3,5,7H2,(H,12,13);2,4,6,9H,1,3,5H2,(H,10,11);1-2,5,8H,3-4H2,(H,9,10);1-3,7H,4H2,(H,8,9). The molecule has 0 aliphatic heterocycles. The van der Waals surface area contributed by atoms with Crippen molar-refractivity contribution in [1.29, 1.82) is 0 Å². The summed E-state index contributed by atoms with van der Waals surface area (Å²) in [6, 6.07) is 19.4. The minimum atomic E-state index is -0.808. The Labute approximate surface area is 358 Å². The van der Waals surface area contributed by atoms with Gasteiger partial charge in [-0.15, -0.1) is 0 Å². The number of aliphatic carboxylic acids is 5. The molecule has 10 N–H and O–H groups in total. The molecule has 0 aliphatic carbocycles. The zero-order chi connectivity index (χ0) is 44.8. The molecule has 0 saturated carbocycles. The molecule has 5 aromatic rings. The first-order chi connectivity index (χ1) is 29.4. The molecule has 5 heterocycles. The van der Waals surface area contributed by atoms with E-state index in [0.717, 1.165) is 68.4 Å². The molecule has 0 bridgehead atoms. The molecule has 336 valence electrons. The van der Waals surface area contributed by atoms with Crippen LogP contribution in [0.4, 0.5) is 0 Å². The van der Waals surface area contributed by atoms with E-state index in [1.165, 1.54) is 49.9 Å². The largest absolute Gasteiger partial charge is 0.481 e. The summed E-state index contributed by atoms with van der Waals surface area (Å²) in [5.41, 5.74) is 5.38. The van der Waals surface area contributed by atoms with Gasteiger partial charge in [0.1, 0.15) is 0 Å². The Morgan fingerprint density at radius 2 is 0.590 bits per heavy atom. The number of hydrogen-bond acceptors (Lipinski definition) is 5. The van der Waals surface area contributed by atoms with Crippen LogP contribution in [0.5, 0.6) is 0 Å². The zero-order valence-electron chi connectivity index (χ0n) is 35.3. The molecule has 0 atom stereocenters. The Hall–Kier alpha value is -6.25. The van der Waals surface area contributed by atoms with Crippen LogP contribution in [0.3, 0.4) is 0 Å². The number of aryl methyl sites for hydroxylation is 4. The fourth-order valence-corrected chi connectivity index (χ4v) is 5.82. The van der Waals surface area contributed by atoms with E-state index in [1.54, 1.807) is 24.5 Å². The molecule has 0 saturated heterocycles. The van der Waals surface area contributed by atoms with Gasteiger partial charge in [0.15, 0.2) is 0 Å². The lowest BCUT2D eigenvalue weighted by molar-refractivity contribution is -0.138. The number of rotatable bonds is 26. The van der Waals surface area contributed by atoms with Gasteiger partial charge in [-0.1, -0.05) is 44.9 Å². The number of carboxylic acids is 5. The van der Waals surface area contributed by atoms with Gasteiger partial charge in [-0.3, -0.25) is 24.0 Å². The van der Waals surface area contributed by atoms with Gasteiger partial charge in [0.25, 0.3) is 0 Å². The molecule has 0 unspecified atom stereocenters. The van der Waals surface area contributed by atoms with Crippen molar-refractivity contribution in [3.63, 3.8) is 0 Å². The molecule has 15 heteroatoms. The molecule has 0 radical (unpaired) electrons. The summed E-state index contributed by atoms with van der Waals surface area (Å²) in [6.45, 7) is 0. The maximum Gasteiger partial charge on any atom is 0.309 e. The predicted octanol–water partition coefficient (Wildman–Crippen LogP) is 9.45. The minimum Gasteiger partial charge on any atom is -0.481 e. The topological polar surface area (TPSA) is 265 Å². The summed E-state index contributed by atoms with van der Waals surface area (Å²) in [6.07, 6.45) is 27.0. The predicted molar refractivity (Wildman–Crippen MR) is 235 cm³/mol. The van der Waals surface area contributed by atoms with Crippen LogP contribution >= 0.6 is 0 Å². The molecule has 0 aliphatic rings. The second-order valence-electron chi connectivity index (χ2n) is 14.4. The van der Waals surface area contributed by atoms with Crippen LogP contribution in [-0.2, 0) is 56.1 Å². The smallest absolute Gasteiger partial charge is 0.309 e. The molecule has 0 amide bonds. The summed E-state index contributed by atoms with van der Waals surface area (Å²) in [4.78, 5) is 65.8. The van der Waals surface area contributed by atoms with Crippen molar-refractivity contribution in [1.82, 2.24) is 24.9 Å². The lowest BCUT2D eigenvalue weighted by Gasteiger charge is -2.01. The number of hydrogen-bond donors (Lipinski definition) is 10. The van der Waals surface area contributed by atoms with Gasteiger partial charge in [-0.2, -0.15) is 0 Å². The van der Waals surface area contributed by atoms with Gasteiger partial charge < -0.3 is 50.5 Å². The van der Waals surface area contributed by atoms with E-state index in [2.05, 4.69) is 37.1 Å². The number of aromatic amines is 5.